The van der Waals surface area contributed by atoms with Gasteiger partial charge in [-0.15, -0.1) is 0 Å². The smallest absolute Gasteiger partial charge is 0.246 e. The zero-order chi connectivity index (χ0) is 28.8. The Balaban J connectivity index is 1.47. The van der Waals surface area contributed by atoms with Gasteiger partial charge in [-0.2, -0.15) is 0 Å². The Morgan fingerprint density at radius 3 is 2.40 bits per heavy atom. The third kappa shape index (κ3) is 7.01. The summed E-state index contributed by atoms with van der Waals surface area (Å²) in [5.41, 5.74) is 9.09. The first-order valence-electron chi connectivity index (χ1n) is 13.9. The molecule has 10 heteroatoms. The number of halogens is 1. The van der Waals surface area contributed by atoms with E-state index in [1.54, 1.807) is 23.1 Å². The van der Waals surface area contributed by atoms with Crippen molar-refractivity contribution in [3.8, 4) is 0 Å². The standard InChI is InChI=1S/C30H38ClN5O4/c1-19-16-23(9-10-24(19)31)33-29(39)25(13-14-32)34-30(40)26-17-21-7-3-4-8-22(21)18-36(26)28(38)12-11-27(37)35-15-5-6-20(35)2/h3-4,7-10,16,20,25-26H,5-6,11-15,17-18,32H2,1-2H3,(H,33,39)(H,34,40)/t20-,25+,26+/m1/s1. The number of hydrogen-bond acceptors (Lipinski definition) is 5. The summed E-state index contributed by atoms with van der Waals surface area (Å²) < 4.78 is 0. The van der Waals surface area contributed by atoms with E-state index < -0.39 is 23.9 Å². The monoisotopic (exact) mass is 567 g/mol. The van der Waals surface area contributed by atoms with E-state index in [4.69, 9.17) is 17.3 Å². The van der Waals surface area contributed by atoms with Crippen LogP contribution in [0, 0.1) is 6.92 Å². The summed E-state index contributed by atoms with van der Waals surface area (Å²) in [6.07, 6.45) is 2.62. The van der Waals surface area contributed by atoms with Crippen LogP contribution in [0.3, 0.4) is 0 Å². The molecule has 2 aromatic rings. The van der Waals surface area contributed by atoms with E-state index in [2.05, 4.69) is 10.6 Å². The molecule has 0 saturated carbocycles. The van der Waals surface area contributed by atoms with Crippen LogP contribution in [-0.2, 0) is 32.1 Å². The molecule has 0 aliphatic carbocycles. The Hall–Kier alpha value is -3.43. The van der Waals surface area contributed by atoms with Gasteiger partial charge in [0.2, 0.25) is 23.6 Å². The summed E-state index contributed by atoms with van der Waals surface area (Å²) in [5.74, 6) is -1.12. The fourth-order valence-corrected chi connectivity index (χ4v) is 5.60. The summed E-state index contributed by atoms with van der Waals surface area (Å²) in [6, 6.07) is 11.3. The molecule has 40 heavy (non-hydrogen) atoms. The third-order valence-electron chi connectivity index (χ3n) is 7.81. The maximum absolute atomic E-state index is 13.6. The molecule has 1 saturated heterocycles. The predicted octanol–water partition coefficient (Wildman–Crippen LogP) is 3.17. The van der Waals surface area contributed by atoms with Crippen molar-refractivity contribution in [1.82, 2.24) is 15.1 Å². The SMILES string of the molecule is Cc1cc(NC(=O)[C@H](CCN)NC(=O)[C@@H]2Cc3ccccc3CN2C(=O)CCC(=O)N2CCC[C@H]2C)ccc1Cl. The van der Waals surface area contributed by atoms with Gasteiger partial charge in [-0.3, -0.25) is 19.2 Å². The van der Waals surface area contributed by atoms with Crippen LogP contribution in [0.1, 0.15) is 55.7 Å². The number of carbonyl (C=O) groups excluding carboxylic acids is 4. The molecule has 2 aliphatic heterocycles. The molecule has 214 valence electrons. The normalized spacial score (nSPS) is 19.1. The molecule has 0 aromatic heterocycles. The summed E-state index contributed by atoms with van der Waals surface area (Å²) in [5, 5.41) is 6.25. The van der Waals surface area contributed by atoms with E-state index in [9.17, 15) is 19.2 Å². The number of amides is 4. The predicted molar refractivity (Wildman–Crippen MR) is 155 cm³/mol. The summed E-state index contributed by atoms with van der Waals surface area (Å²) in [6.45, 7) is 5.03. The molecule has 4 N–H and O–H groups in total. The molecule has 3 atom stereocenters. The lowest BCUT2D eigenvalue weighted by molar-refractivity contribution is -0.144. The lowest BCUT2D eigenvalue weighted by atomic mass is 9.92. The van der Waals surface area contributed by atoms with Crippen molar-refractivity contribution >= 4 is 40.9 Å². The lowest BCUT2D eigenvalue weighted by Gasteiger charge is -2.37. The van der Waals surface area contributed by atoms with Crippen molar-refractivity contribution < 1.29 is 19.2 Å². The van der Waals surface area contributed by atoms with Gasteiger partial charge in [-0.1, -0.05) is 35.9 Å². The van der Waals surface area contributed by atoms with Crippen LogP contribution in [-0.4, -0.2) is 64.6 Å². The highest BCUT2D eigenvalue weighted by molar-refractivity contribution is 6.31. The molecular formula is C30H38ClN5O4. The number of anilines is 1. The zero-order valence-corrected chi connectivity index (χ0v) is 23.9. The second-order valence-corrected chi connectivity index (χ2v) is 11.1. The average Bonchev–Trinajstić information content (AvgIpc) is 3.38. The molecule has 2 heterocycles. The molecule has 1 fully saturated rings. The number of nitrogens with one attached hydrogen (secondary N) is 2. The quantitative estimate of drug-likeness (QED) is 0.429. The van der Waals surface area contributed by atoms with Crippen LogP contribution >= 0.6 is 11.6 Å². The first-order valence-corrected chi connectivity index (χ1v) is 14.3. The molecular weight excluding hydrogens is 530 g/mol. The van der Waals surface area contributed by atoms with E-state index in [0.29, 0.717) is 17.1 Å². The van der Waals surface area contributed by atoms with Gasteiger partial charge in [-0.05, 0) is 74.5 Å². The second-order valence-electron chi connectivity index (χ2n) is 10.7. The van der Waals surface area contributed by atoms with Crippen molar-refractivity contribution in [2.24, 2.45) is 5.73 Å². The van der Waals surface area contributed by atoms with Gasteiger partial charge in [0.25, 0.3) is 0 Å². The van der Waals surface area contributed by atoms with Crippen LogP contribution in [0.15, 0.2) is 42.5 Å². The molecule has 9 nitrogen and oxygen atoms in total. The topological polar surface area (TPSA) is 125 Å². The highest BCUT2D eigenvalue weighted by Crippen LogP contribution is 2.26. The van der Waals surface area contributed by atoms with Crippen LogP contribution in [0.5, 0.6) is 0 Å². The van der Waals surface area contributed by atoms with Gasteiger partial charge in [0, 0.05) is 49.1 Å². The van der Waals surface area contributed by atoms with E-state index in [-0.39, 0.29) is 50.2 Å². The largest absolute Gasteiger partial charge is 0.342 e. The fourth-order valence-electron chi connectivity index (χ4n) is 5.48. The van der Waals surface area contributed by atoms with E-state index in [1.807, 2.05) is 43.0 Å². The highest BCUT2D eigenvalue weighted by atomic mass is 35.5. The Labute approximate surface area is 240 Å². The van der Waals surface area contributed by atoms with Gasteiger partial charge in [0.05, 0.1) is 0 Å². The number of carbonyl (C=O) groups is 4. The average molecular weight is 568 g/mol. The number of fused-ring (bicyclic) bond motifs is 1. The number of aryl methyl sites for hydroxylation is 1. The van der Waals surface area contributed by atoms with Gasteiger partial charge in [-0.25, -0.2) is 0 Å². The number of likely N-dealkylation sites (tertiary alicyclic amines) is 1. The molecule has 2 aromatic carbocycles. The number of rotatable bonds is 9. The number of hydrogen-bond donors (Lipinski definition) is 3. The Bertz CT molecular complexity index is 1270. The van der Waals surface area contributed by atoms with Crippen molar-refractivity contribution in [1.29, 1.82) is 0 Å². The fraction of sp³-hybridized carbons (Fsp3) is 0.467. The van der Waals surface area contributed by atoms with Crippen molar-refractivity contribution in [2.75, 3.05) is 18.4 Å². The molecule has 2 aliphatic rings. The van der Waals surface area contributed by atoms with Gasteiger partial charge in [0.15, 0.2) is 0 Å². The summed E-state index contributed by atoms with van der Waals surface area (Å²) >= 11 is 6.10. The van der Waals surface area contributed by atoms with E-state index in [1.165, 1.54) is 0 Å². The van der Waals surface area contributed by atoms with Crippen LogP contribution < -0.4 is 16.4 Å². The van der Waals surface area contributed by atoms with E-state index >= 15 is 0 Å². The number of benzene rings is 2. The summed E-state index contributed by atoms with van der Waals surface area (Å²) in [4.78, 5) is 56.3. The molecule has 0 unspecified atom stereocenters. The maximum Gasteiger partial charge on any atom is 0.246 e. The number of nitrogens with zero attached hydrogens (tertiary/aromatic N) is 2. The highest BCUT2D eigenvalue weighted by Gasteiger charge is 2.36. The van der Waals surface area contributed by atoms with Crippen molar-refractivity contribution in [2.45, 2.75) is 77.0 Å². The first kappa shape index (κ1) is 29.6. The molecule has 0 radical (unpaired) electrons. The van der Waals surface area contributed by atoms with Crippen LogP contribution in [0.2, 0.25) is 5.02 Å². The second kappa shape index (κ2) is 13.3. The van der Waals surface area contributed by atoms with Gasteiger partial charge >= 0.3 is 0 Å². The Kier molecular flexibility index (Phi) is 9.81. The number of nitrogens with two attached hydrogens (primary N) is 1. The molecule has 0 bridgehead atoms. The Morgan fingerprint density at radius 1 is 1.05 bits per heavy atom. The Morgan fingerprint density at radius 2 is 1.75 bits per heavy atom. The molecule has 4 amide bonds. The zero-order valence-electron chi connectivity index (χ0n) is 23.1. The van der Waals surface area contributed by atoms with Crippen molar-refractivity contribution in [3.63, 3.8) is 0 Å². The van der Waals surface area contributed by atoms with Gasteiger partial charge < -0.3 is 26.2 Å². The summed E-state index contributed by atoms with van der Waals surface area (Å²) in [7, 11) is 0. The first-order chi connectivity index (χ1) is 19.2. The minimum Gasteiger partial charge on any atom is -0.342 e. The van der Waals surface area contributed by atoms with Crippen molar-refractivity contribution in [3.05, 3.63) is 64.2 Å². The van der Waals surface area contributed by atoms with E-state index in [0.717, 1.165) is 36.1 Å². The maximum atomic E-state index is 13.6. The third-order valence-corrected chi connectivity index (χ3v) is 8.24. The molecule has 0 spiro atoms. The minimum absolute atomic E-state index is 0.0244. The minimum atomic E-state index is -0.888. The van der Waals surface area contributed by atoms with Crippen LogP contribution in [0.4, 0.5) is 5.69 Å². The van der Waals surface area contributed by atoms with Gasteiger partial charge in [0.1, 0.15) is 12.1 Å². The lowest BCUT2D eigenvalue weighted by Crippen LogP contribution is -2.56. The molecule has 4 rings (SSSR count). The van der Waals surface area contributed by atoms with Crippen LogP contribution in [0.25, 0.3) is 0 Å².